The number of aromatic nitrogens is 2. The van der Waals surface area contributed by atoms with E-state index in [-0.39, 0.29) is 36.2 Å². The van der Waals surface area contributed by atoms with Gasteiger partial charge < -0.3 is 34.4 Å². The molecular weight excluding hydrogens is 600 g/mol. The predicted octanol–water partition coefficient (Wildman–Crippen LogP) is 5.02. The molecule has 2 amide bonds. The fraction of sp³-hybridized carbons (Fsp3) is 0.481. The number of carboxylic acid groups (broad SMARTS) is 1. The van der Waals surface area contributed by atoms with Crippen LogP contribution in [-0.2, 0) is 19.1 Å². The predicted molar refractivity (Wildman–Crippen MR) is 162 cm³/mol. The van der Waals surface area contributed by atoms with Crippen molar-refractivity contribution < 1.29 is 38.5 Å². The summed E-state index contributed by atoms with van der Waals surface area (Å²) in [4.78, 5) is 51.2. The molecule has 0 aliphatic carbocycles. The number of thiazole rings is 2. The van der Waals surface area contributed by atoms with Gasteiger partial charge in [-0.1, -0.05) is 16.5 Å². The van der Waals surface area contributed by atoms with E-state index in [1.165, 1.54) is 16.7 Å². The Labute approximate surface area is 256 Å². The standard InChI is InChI=1S/C27H34N6O8S2/c1-26(2,3)40-24(36)31-22-30-18(14-42-22)20(21(34)35)32-39-10-9-38-16-7-8-17-19(11-16)43-23(29-17)28-15-12-33(13-15)25(37)41-27(4,5)6/h7-8,11,14-15H,9-10,12-13H2,1-6H3,(H,28,29)(H,34,35)(H,30,31,36)/b32-20-. The Morgan fingerprint density at radius 2 is 1.77 bits per heavy atom. The third-order valence-electron chi connectivity index (χ3n) is 5.38. The van der Waals surface area contributed by atoms with Gasteiger partial charge in [0.15, 0.2) is 16.9 Å². The molecule has 0 unspecified atom stereocenters. The number of benzene rings is 1. The van der Waals surface area contributed by atoms with Crippen LogP contribution in [0.2, 0.25) is 0 Å². The summed E-state index contributed by atoms with van der Waals surface area (Å²) < 4.78 is 17.2. The number of aliphatic carboxylic acids is 1. The number of oxime groups is 1. The lowest BCUT2D eigenvalue weighted by atomic mass is 10.1. The van der Waals surface area contributed by atoms with Gasteiger partial charge in [0.2, 0.25) is 5.71 Å². The summed E-state index contributed by atoms with van der Waals surface area (Å²) in [6.45, 7) is 11.9. The number of anilines is 2. The van der Waals surface area contributed by atoms with Gasteiger partial charge in [0.05, 0.1) is 16.3 Å². The summed E-state index contributed by atoms with van der Waals surface area (Å²) in [5.41, 5.74) is -0.799. The fourth-order valence-electron chi connectivity index (χ4n) is 3.61. The molecule has 1 saturated heterocycles. The van der Waals surface area contributed by atoms with E-state index in [1.54, 1.807) is 31.7 Å². The zero-order valence-electron chi connectivity index (χ0n) is 24.6. The summed E-state index contributed by atoms with van der Waals surface area (Å²) in [5, 5.41) is 21.4. The molecule has 4 rings (SSSR count). The second kappa shape index (κ2) is 13.0. The minimum atomic E-state index is -1.34. The Morgan fingerprint density at radius 3 is 2.44 bits per heavy atom. The summed E-state index contributed by atoms with van der Waals surface area (Å²) in [6, 6.07) is 5.56. The van der Waals surface area contributed by atoms with Crippen LogP contribution in [0.3, 0.4) is 0 Å². The first kappa shape index (κ1) is 31.7. The van der Waals surface area contributed by atoms with E-state index in [1.807, 2.05) is 32.9 Å². The van der Waals surface area contributed by atoms with E-state index >= 15 is 0 Å². The fourth-order valence-corrected chi connectivity index (χ4v) is 5.26. The first-order valence-corrected chi connectivity index (χ1v) is 15.0. The molecule has 3 aromatic rings. The second-order valence-corrected chi connectivity index (χ2v) is 13.4. The van der Waals surface area contributed by atoms with Gasteiger partial charge in [-0.3, -0.25) is 5.32 Å². The molecule has 1 fully saturated rings. The minimum Gasteiger partial charge on any atom is -0.490 e. The van der Waals surface area contributed by atoms with Crippen LogP contribution >= 0.6 is 22.7 Å². The molecule has 0 radical (unpaired) electrons. The number of carbonyl (C=O) groups is 3. The Balaban J connectivity index is 1.24. The third kappa shape index (κ3) is 9.41. The van der Waals surface area contributed by atoms with Gasteiger partial charge in [-0.05, 0) is 59.7 Å². The molecule has 1 aromatic carbocycles. The summed E-state index contributed by atoms with van der Waals surface area (Å²) in [7, 11) is 0. The van der Waals surface area contributed by atoms with Crippen LogP contribution in [0.1, 0.15) is 47.2 Å². The van der Waals surface area contributed by atoms with Crippen molar-refractivity contribution in [2.45, 2.75) is 58.8 Å². The topological polar surface area (TPSA) is 174 Å². The maximum absolute atomic E-state index is 12.1. The van der Waals surface area contributed by atoms with Crippen molar-refractivity contribution in [3.8, 4) is 5.75 Å². The zero-order chi connectivity index (χ0) is 31.4. The molecule has 1 aliphatic rings. The van der Waals surface area contributed by atoms with E-state index in [0.717, 1.165) is 26.7 Å². The maximum Gasteiger partial charge on any atom is 0.413 e. The second-order valence-electron chi connectivity index (χ2n) is 11.5. The van der Waals surface area contributed by atoms with Gasteiger partial charge in [-0.15, -0.1) is 11.3 Å². The van der Waals surface area contributed by atoms with Crippen LogP contribution in [0.5, 0.6) is 5.75 Å². The Morgan fingerprint density at radius 1 is 1.05 bits per heavy atom. The van der Waals surface area contributed by atoms with Gasteiger partial charge in [0.1, 0.15) is 29.3 Å². The van der Waals surface area contributed by atoms with E-state index in [2.05, 4.69) is 25.8 Å². The number of hydrogen-bond donors (Lipinski definition) is 3. The molecule has 0 atom stereocenters. The van der Waals surface area contributed by atoms with Crippen molar-refractivity contribution in [1.82, 2.24) is 14.9 Å². The average Bonchev–Trinajstić information content (AvgIpc) is 3.46. The molecule has 14 nitrogen and oxygen atoms in total. The smallest absolute Gasteiger partial charge is 0.413 e. The molecule has 43 heavy (non-hydrogen) atoms. The highest BCUT2D eigenvalue weighted by molar-refractivity contribution is 7.22. The van der Waals surface area contributed by atoms with Crippen molar-refractivity contribution in [1.29, 1.82) is 0 Å². The monoisotopic (exact) mass is 634 g/mol. The Bertz CT molecular complexity index is 1500. The van der Waals surface area contributed by atoms with Crippen LogP contribution in [0, 0.1) is 0 Å². The number of rotatable bonds is 10. The van der Waals surface area contributed by atoms with Crippen LogP contribution in [0.15, 0.2) is 28.7 Å². The van der Waals surface area contributed by atoms with Crippen LogP contribution < -0.4 is 15.4 Å². The van der Waals surface area contributed by atoms with Crippen molar-refractivity contribution >= 4 is 67.0 Å². The highest BCUT2D eigenvalue weighted by atomic mass is 32.1. The normalized spacial score (nSPS) is 14.2. The number of nitrogens with zero attached hydrogens (tertiary/aromatic N) is 4. The molecule has 232 valence electrons. The number of ether oxygens (including phenoxy) is 3. The molecule has 1 aliphatic heterocycles. The lowest BCUT2D eigenvalue weighted by molar-refractivity contribution is -0.129. The van der Waals surface area contributed by atoms with E-state index < -0.39 is 29.0 Å². The highest BCUT2D eigenvalue weighted by Gasteiger charge is 2.34. The van der Waals surface area contributed by atoms with Crippen molar-refractivity contribution in [2.24, 2.45) is 5.16 Å². The molecule has 0 saturated carbocycles. The summed E-state index contributed by atoms with van der Waals surface area (Å²) in [5.74, 6) is -0.750. The third-order valence-corrected chi connectivity index (χ3v) is 7.08. The quantitative estimate of drug-likeness (QED) is 0.155. The van der Waals surface area contributed by atoms with Gasteiger partial charge in [0, 0.05) is 18.5 Å². The Kier molecular flexibility index (Phi) is 9.59. The largest absolute Gasteiger partial charge is 0.490 e. The van der Waals surface area contributed by atoms with Crippen molar-refractivity contribution in [3.63, 3.8) is 0 Å². The molecule has 3 heterocycles. The first-order valence-electron chi connectivity index (χ1n) is 13.3. The van der Waals surface area contributed by atoms with Gasteiger partial charge >= 0.3 is 18.2 Å². The zero-order valence-corrected chi connectivity index (χ0v) is 26.3. The number of carboxylic acids is 1. The maximum atomic E-state index is 12.1. The van der Waals surface area contributed by atoms with E-state index in [0.29, 0.717) is 18.8 Å². The Hall–Kier alpha value is -4.18. The number of fused-ring (bicyclic) bond motifs is 1. The van der Waals surface area contributed by atoms with E-state index in [4.69, 9.17) is 19.0 Å². The van der Waals surface area contributed by atoms with Gasteiger partial charge in [-0.25, -0.2) is 24.4 Å². The molecule has 2 aromatic heterocycles. The highest BCUT2D eigenvalue weighted by Crippen LogP contribution is 2.30. The lowest BCUT2D eigenvalue weighted by Crippen LogP contribution is -2.57. The molecule has 0 spiro atoms. The first-order chi connectivity index (χ1) is 20.1. The number of nitrogens with one attached hydrogen (secondary N) is 2. The lowest BCUT2D eigenvalue weighted by Gasteiger charge is -2.39. The molecule has 16 heteroatoms. The van der Waals surface area contributed by atoms with Gasteiger partial charge in [0.25, 0.3) is 0 Å². The van der Waals surface area contributed by atoms with Crippen LogP contribution in [0.25, 0.3) is 10.2 Å². The number of carbonyl (C=O) groups excluding carboxylic acids is 2. The van der Waals surface area contributed by atoms with Gasteiger partial charge in [-0.2, -0.15) is 0 Å². The average molecular weight is 635 g/mol. The number of hydrogen-bond acceptors (Lipinski definition) is 13. The van der Waals surface area contributed by atoms with Crippen LogP contribution in [-0.4, -0.2) is 87.4 Å². The van der Waals surface area contributed by atoms with Crippen LogP contribution in [0.4, 0.5) is 19.9 Å². The minimum absolute atomic E-state index is 0.0205. The number of amides is 2. The van der Waals surface area contributed by atoms with Crippen molar-refractivity contribution in [2.75, 3.05) is 36.9 Å². The summed E-state index contributed by atoms with van der Waals surface area (Å²) in [6.07, 6.45) is -1.03. The summed E-state index contributed by atoms with van der Waals surface area (Å²) >= 11 is 2.50. The number of likely N-dealkylation sites (tertiary alicyclic amines) is 1. The molecular formula is C27H34N6O8S2. The SMILES string of the molecule is CC(C)(C)OC(=O)Nc1nc(/C(=N/OCCOc2ccc3nc(NC4CN(C(=O)OC(C)(C)C)C4)sc3c2)C(=O)O)cs1. The molecule has 0 bridgehead atoms. The van der Waals surface area contributed by atoms with E-state index in [9.17, 15) is 19.5 Å². The molecule has 3 N–H and O–H groups in total. The van der Waals surface area contributed by atoms with Crippen molar-refractivity contribution in [3.05, 3.63) is 29.3 Å².